The fourth-order valence-corrected chi connectivity index (χ4v) is 2.18. The Morgan fingerprint density at radius 2 is 1.76 bits per heavy atom. The Morgan fingerprint density at radius 3 is 2.33 bits per heavy atom. The summed E-state index contributed by atoms with van der Waals surface area (Å²) in [4.78, 5) is 31.4. The summed E-state index contributed by atoms with van der Waals surface area (Å²) in [5, 5.41) is 4.76. The number of anilines is 1. The van der Waals surface area contributed by atoms with Crippen molar-refractivity contribution in [3.8, 4) is 0 Å². The highest BCUT2D eigenvalue weighted by Gasteiger charge is 2.17. The van der Waals surface area contributed by atoms with Crippen LogP contribution >= 0.6 is 39.1 Å². The number of nitrogens with one attached hydrogen (secondary N) is 2. The maximum Gasteiger partial charge on any atom is 0.327 e. The van der Waals surface area contributed by atoms with Crippen LogP contribution in [0.4, 0.5) is 10.6 Å². The van der Waals surface area contributed by atoms with Crippen LogP contribution in [0.1, 0.15) is 10.4 Å². The van der Waals surface area contributed by atoms with Gasteiger partial charge in [0.2, 0.25) is 0 Å². The Labute approximate surface area is 138 Å². The first-order chi connectivity index (χ1) is 9.97. The molecule has 1 heterocycles. The first-order valence-corrected chi connectivity index (χ1v) is 7.06. The Bertz CT molecular complexity index is 674. The number of urea groups is 1. The van der Waals surface area contributed by atoms with E-state index in [4.69, 9.17) is 23.2 Å². The van der Waals surface area contributed by atoms with Gasteiger partial charge in [0.15, 0.2) is 5.82 Å². The molecule has 0 spiro atoms. The smallest absolute Gasteiger partial charge is 0.291 e. The molecule has 2 rings (SSSR count). The van der Waals surface area contributed by atoms with Crippen molar-refractivity contribution in [1.29, 1.82) is 0 Å². The predicted molar refractivity (Wildman–Crippen MR) is 82.7 cm³/mol. The second-order valence-electron chi connectivity index (χ2n) is 3.73. The van der Waals surface area contributed by atoms with Crippen LogP contribution in [0.25, 0.3) is 0 Å². The van der Waals surface area contributed by atoms with Crippen LogP contribution in [-0.4, -0.2) is 21.9 Å². The van der Waals surface area contributed by atoms with E-state index in [-0.39, 0.29) is 21.4 Å². The van der Waals surface area contributed by atoms with E-state index >= 15 is 0 Å². The normalized spacial score (nSPS) is 10.0. The first-order valence-electron chi connectivity index (χ1n) is 5.51. The van der Waals surface area contributed by atoms with Gasteiger partial charge >= 0.3 is 6.03 Å². The Kier molecular flexibility index (Phi) is 5.11. The molecule has 0 radical (unpaired) electrons. The van der Waals surface area contributed by atoms with Crippen molar-refractivity contribution in [3.63, 3.8) is 0 Å². The van der Waals surface area contributed by atoms with Crippen molar-refractivity contribution < 1.29 is 9.59 Å². The molecule has 21 heavy (non-hydrogen) atoms. The molecule has 0 bridgehead atoms. The number of rotatable bonds is 2. The van der Waals surface area contributed by atoms with E-state index in [0.717, 1.165) is 0 Å². The zero-order valence-electron chi connectivity index (χ0n) is 10.2. The highest BCUT2D eigenvalue weighted by atomic mass is 79.9. The highest BCUT2D eigenvalue weighted by Crippen LogP contribution is 2.23. The number of halogens is 3. The summed E-state index contributed by atoms with van der Waals surface area (Å²) in [5.74, 6) is -0.526. The average Bonchev–Trinajstić information content (AvgIpc) is 2.41. The minimum atomic E-state index is -0.771. The lowest BCUT2D eigenvalue weighted by atomic mass is 10.2. The molecule has 1 aromatic carbocycles. The number of amides is 3. The fraction of sp³-hybridized carbons (Fsp3) is 0. The molecule has 0 aliphatic carbocycles. The van der Waals surface area contributed by atoms with Crippen LogP contribution in [0.15, 0.2) is 35.2 Å². The molecule has 0 atom stereocenters. The van der Waals surface area contributed by atoms with Gasteiger partial charge < -0.3 is 0 Å². The van der Waals surface area contributed by atoms with E-state index in [1.807, 2.05) is 0 Å². The molecule has 108 valence electrons. The van der Waals surface area contributed by atoms with Crippen molar-refractivity contribution in [1.82, 2.24) is 15.3 Å². The van der Waals surface area contributed by atoms with Gasteiger partial charge in [0.25, 0.3) is 5.91 Å². The van der Waals surface area contributed by atoms with Gasteiger partial charge in [-0.3, -0.25) is 15.4 Å². The van der Waals surface area contributed by atoms with Crippen LogP contribution in [0.3, 0.4) is 0 Å². The summed E-state index contributed by atoms with van der Waals surface area (Å²) >= 11 is 14.9. The minimum Gasteiger partial charge on any atom is -0.291 e. The molecule has 0 unspecified atom stereocenters. The zero-order chi connectivity index (χ0) is 15.4. The van der Waals surface area contributed by atoms with E-state index in [1.54, 1.807) is 6.07 Å². The standard InChI is InChI=1S/C12H7BrCl2N4O2/c13-8-4-17-9(5-16-8)18-12(21)19-11(20)10-6(14)2-1-3-7(10)15/h1-5H,(H2,17,18,19,20,21). The summed E-state index contributed by atoms with van der Waals surface area (Å²) in [7, 11) is 0. The van der Waals surface area contributed by atoms with Crippen LogP contribution in [0.5, 0.6) is 0 Å². The third kappa shape index (κ3) is 4.13. The highest BCUT2D eigenvalue weighted by molar-refractivity contribution is 9.10. The van der Waals surface area contributed by atoms with Gasteiger partial charge in [-0.15, -0.1) is 0 Å². The Balaban J connectivity index is 2.06. The molecule has 0 aliphatic heterocycles. The lowest BCUT2D eigenvalue weighted by Gasteiger charge is -2.08. The zero-order valence-corrected chi connectivity index (χ0v) is 13.3. The topological polar surface area (TPSA) is 84.0 Å². The second-order valence-corrected chi connectivity index (χ2v) is 5.36. The summed E-state index contributed by atoms with van der Waals surface area (Å²) in [5.41, 5.74) is 0.0258. The van der Waals surface area contributed by atoms with Gasteiger partial charge in [-0.25, -0.2) is 14.8 Å². The molecule has 0 aliphatic rings. The van der Waals surface area contributed by atoms with Crippen molar-refractivity contribution in [2.24, 2.45) is 0 Å². The number of hydrogen-bond acceptors (Lipinski definition) is 4. The van der Waals surface area contributed by atoms with E-state index < -0.39 is 11.9 Å². The van der Waals surface area contributed by atoms with Gasteiger partial charge in [-0.2, -0.15) is 0 Å². The van der Waals surface area contributed by atoms with Crippen molar-refractivity contribution in [2.75, 3.05) is 5.32 Å². The lowest BCUT2D eigenvalue weighted by molar-refractivity contribution is 0.0967. The Morgan fingerprint density at radius 1 is 1.10 bits per heavy atom. The molecule has 2 aromatic rings. The van der Waals surface area contributed by atoms with E-state index in [0.29, 0.717) is 4.60 Å². The molecule has 0 saturated heterocycles. The Hall–Kier alpha value is -1.70. The van der Waals surface area contributed by atoms with Crippen molar-refractivity contribution >= 4 is 56.9 Å². The molecular formula is C12H7BrCl2N4O2. The molecule has 6 nitrogen and oxygen atoms in total. The first kappa shape index (κ1) is 15.7. The number of hydrogen-bond donors (Lipinski definition) is 2. The quantitative estimate of drug-likeness (QED) is 0.823. The van der Waals surface area contributed by atoms with Crippen LogP contribution < -0.4 is 10.6 Å². The number of aromatic nitrogens is 2. The average molecular weight is 390 g/mol. The van der Waals surface area contributed by atoms with Gasteiger partial charge in [0.05, 0.1) is 28.0 Å². The van der Waals surface area contributed by atoms with Gasteiger partial charge in [-0.1, -0.05) is 29.3 Å². The van der Waals surface area contributed by atoms with Gasteiger partial charge in [-0.05, 0) is 28.1 Å². The second kappa shape index (κ2) is 6.84. The SMILES string of the molecule is O=C(NC(=O)c1c(Cl)cccc1Cl)Nc1cnc(Br)cn1. The maximum absolute atomic E-state index is 12.0. The van der Waals surface area contributed by atoms with Gasteiger partial charge in [0, 0.05) is 0 Å². The fourth-order valence-electron chi connectivity index (χ4n) is 1.40. The molecular weight excluding hydrogens is 383 g/mol. The van der Waals surface area contributed by atoms with E-state index in [9.17, 15) is 9.59 Å². The van der Waals surface area contributed by atoms with Gasteiger partial charge in [0.1, 0.15) is 4.60 Å². The molecule has 0 saturated carbocycles. The van der Waals surface area contributed by atoms with Crippen LogP contribution in [-0.2, 0) is 0 Å². The number of imide groups is 1. The number of benzene rings is 1. The monoisotopic (exact) mass is 388 g/mol. The number of carbonyl (C=O) groups excluding carboxylic acids is 2. The summed E-state index contributed by atoms with van der Waals surface area (Å²) in [6, 6.07) is 3.83. The summed E-state index contributed by atoms with van der Waals surface area (Å²) in [6.45, 7) is 0. The third-order valence-electron chi connectivity index (χ3n) is 2.28. The summed E-state index contributed by atoms with van der Waals surface area (Å²) in [6.07, 6.45) is 2.74. The van der Waals surface area contributed by atoms with Crippen molar-refractivity contribution in [2.45, 2.75) is 0 Å². The number of nitrogens with zero attached hydrogens (tertiary/aromatic N) is 2. The minimum absolute atomic E-state index is 0.0258. The predicted octanol–water partition coefficient (Wildman–Crippen LogP) is 3.51. The molecule has 9 heteroatoms. The number of carbonyl (C=O) groups is 2. The molecule has 2 N–H and O–H groups in total. The molecule has 0 fully saturated rings. The summed E-state index contributed by atoms with van der Waals surface area (Å²) < 4.78 is 0.521. The molecule has 3 amide bonds. The molecule has 1 aromatic heterocycles. The van der Waals surface area contributed by atoms with Crippen molar-refractivity contribution in [3.05, 3.63) is 50.8 Å². The van der Waals surface area contributed by atoms with E-state index in [1.165, 1.54) is 24.5 Å². The van der Waals surface area contributed by atoms with E-state index in [2.05, 4.69) is 36.5 Å². The van der Waals surface area contributed by atoms with Crippen LogP contribution in [0, 0.1) is 0 Å². The maximum atomic E-state index is 12.0. The third-order valence-corrected chi connectivity index (χ3v) is 3.32. The van der Waals surface area contributed by atoms with Crippen LogP contribution in [0.2, 0.25) is 10.0 Å². The largest absolute Gasteiger partial charge is 0.327 e. The lowest BCUT2D eigenvalue weighted by Crippen LogP contribution is -2.34.